The van der Waals surface area contributed by atoms with E-state index in [0.29, 0.717) is 19.6 Å². The highest BCUT2D eigenvalue weighted by molar-refractivity contribution is 5.82. The van der Waals surface area contributed by atoms with Gasteiger partial charge in [0.1, 0.15) is 5.60 Å². The summed E-state index contributed by atoms with van der Waals surface area (Å²) >= 11 is 0. The van der Waals surface area contributed by atoms with Crippen molar-refractivity contribution in [2.75, 3.05) is 40.3 Å². The average Bonchev–Trinajstić information content (AvgIpc) is 3.01. The molecule has 0 aliphatic carbocycles. The summed E-state index contributed by atoms with van der Waals surface area (Å²) in [5.74, 6) is 0.936. The van der Waals surface area contributed by atoms with E-state index in [2.05, 4.69) is 58.5 Å². The maximum atomic E-state index is 12.3. The first-order valence-corrected chi connectivity index (χ1v) is 9.97. The summed E-state index contributed by atoms with van der Waals surface area (Å²) in [5.41, 5.74) is 2.08. The molecule has 2 heterocycles. The van der Waals surface area contributed by atoms with Crippen LogP contribution in [-0.2, 0) is 17.8 Å². The van der Waals surface area contributed by atoms with Gasteiger partial charge in [0.05, 0.1) is 12.6 Å². The van der Waals surface area contributed by atoms with Gasteiger partial charge in [-0.2, -0.15) is 0 Å². The van der Waals surface area contributed by atoms with E-state index < -0.39 is 5.60 Å². The molecular formula is C21H33N5O2. The minimum atomic E-state index is -0.463. The molecule has 3 rings (SSSR count). The second-order valence-corrected chi connectivity index (χ2v) is 8.85. The Balaban J connectivity index is 1.49. The van der Waals surface area contributed by atoms with E-state index in [-0.39, 0.29) is 12.1 Å². The number of rotatable bonds is 4. The molecule has 2 aliphatic heterocycles. The Hall–Kier alpha value is -2.28. The van der Waals surface area contributed by atoms with Crippen molar-refractivity contribution in [3.05, 3.63) is 35.4 Å². The van der Waals surface area contributed by atoms with Crippen LogP contribution in [0.1, 0.15) is 31.9 Å². The van der Waals surface area contributed by atoms with Gasteiger partial charge in [0.2, 0.25) is 0 Å². The van der Waals surface area contributed by atoms with Gasteiger partial charge in [-0.25, -0.2) is 4.79 Å². The second-order valence-electron chi connectivity index (χ2n) is 8.85. The number of aliphatic imine (C=N–C) groups is 1. The van der Waals surface area contributed by atoms with Crippen LogP contribution in [0.5, 0.6) is 0 Å². The smallest absolute Gasteiger partial charge is 0.410 e. The third kappa shape index (κ3) is 5.38. The summed E-state index contributed by atoms with van der Waals surface area (Å²) in [5, 5.41) is 3.47. The molecule has 28 heavy (non-hydrogen) atoms. The number of carbonyl (C=O) groups excluding carboxylic acids is 1. The van der Waals surface area contributed by atoms with E-state index in [4.69, 9.17) is 4.74 Å². The molecule has 7 nitrogen and oxygen atoms in total. The number of hydrogen-bond donors (Lipinski definition) is 1. The zero-order chi connectivity index (χ0) is 20.3. The summed E-state index contributed by atoms with van der Waals surface area (Å²) in [6, 6.07) is 8.91. The molecule has 2 aliphatic rings. The summed E-state index contributed by atoms with van der Waals surface area (Å²) < 4.78 is 5.50. The largest absolute Gasteiger partial charge is 0.444 e. The van der Waals surface area contributed by atoms with Crippen molar-refractivity contribution in [2.24, 2.45) is 4.99 Å². The Kier molecular flexibility index (Phi) is 6.13. The monoisotopic (exact) mass is 387 g/mol. The van der Waals surface area contributed by atoms with Crippen molar-refractivity contribution in [3.63, 3.8) is 0 Å². The Morgan fingerprint density at radius 2 is 1.89 bits per heavy atom. The third-order valence-electron chi connectivity index (χ3n) is 4.83. The van der Waals surface area contributed by atoms with E-state index in [1.54, 1.807) is 4.90 Å². The van der Waals surface area contributed by atoms with Crippen molar-refractivity contribution in [2.45, 2.75) is 45.5 Å². The molecule has 1 unspecified atom stereocenters. The van der Waals surface area contributed by atoms with E-state index in [0.717, 1.165) is 25.6 Å². The number of nitrogens with zero attached hydrogens (tertiary/aromatic N) is 4. The molecule has 0 aromatic heterocycles. The van der Waals surface area contributed by atoms with E-state index in [9.17, 15) is 4.79 Å². The summed E-state index contributed by atoms with van der Waals surface area (Å²) in [7, 11) is 4.15. The van der Waals surface area contributed by atoms with Gasteiger partial charge in [-0.1, -0.05) is 24.3 Å². The van der Waals surface area contributed by atoms with Crippen molar-refractivity contribution >= 4 is 12.1 Å². The van der Waals surface area contributed by atoms with Crippen molar-refractivity contribution < 1.29 is 9.53 Å². The van der Waals surface area contributed by atoms with Gasteiger partial charge in [0.15, 0.2) is 5.96 Å². The molecule has 0 bridgehead atoms. The number of hydrogen-bond acceptors (Lipinski definition) is 6. The Morgan fingerprint density at radius 1 is 1.21 bits per heavy atom. The van der Waals surface area contributed by atoms with E-state index in [1.165, 1.54) is 11.1 Å². The number of amides is 1. The Morgan fingerprint density at radius 3 is 2.54 bits per heavy atom. The number of guanidine groups is 1. The molecule has 7 heteroatoms. The Bertz CT molecular complexity index is 709. The molecule has 0 radical (unpaired) electrons. The Labute approximate surface area is 168 Å². The lowest BCUT2D eigenvalue weighted by molar-refractivity contribution is 0.0137. The van der Waals surface area contributed by atoms with Gasteiger partial charge >= 0.3 is 6.09 Å². The van der Waals surface area contributed by atoms with Crippen molar-refractivity contribution in [1.82, 2.24) is 20.0 Å². The minimum absolute atomic E-state index is 0.228. The van der Waals surface area contributed by atoms with Crippen LogP contribution in [0.4, 0.5) is 4.79 Å². The van der Waals surface area contributed by atoms with Gasteiger partial charge in [-0.3, -0.25) is 4.99 Å². The first kappa shape index (κ1) is 20.5. The number of piperazine rings is 1. The van der Waals surface area contributed by atoms with Crippen LogP contribution in [-0.4, -0.2) is 78.7 Å². The molecule has 1 amide bonds. The molecule has 0 saturated carbocycles. The zero-order valence-corrected chi connectivity index (χ0v) is 17.7. The fourth-order valence-electron chi connectivity index (χ4n) is 3.53. The lowest BCUT2D eigenvalue weighted by Crippen LogP contribution is -2.57. The van der Waals surface area contributed by atoms with Crippen molar-refractivity contribution in [3.8, 4) is 0 Å². The maximum Gasteiger partial charge on any atom is 0.410 e. The number of benzene rings is 1. The molecule has 1 atom stereocenters. The lowest BCUT2D eigenvalue weighted by Gasteiger charge is -2.39. The van der Waals surface area contributed by atoms with Crippen LogP contribution in [0.3, 0.4) is 0 Å². The first-order valence-electron chi connectivity index (χ1n) is 9.97. The summed E-state index contributed by atoms with van der Waals surface area (Å²) in [4.78, 5) is 23.2. The van der Waals surface area contributed by atoms with Crippen LogP contribution >= 0.6 is 0 Å². The molecule has 154 valence electrons. The van der Waals surface area contributed by atoms with Crippen LogP contribution in [0.2, 0.25) is 0 Å². The molecule has 1 fully saturated rings. The summed E-state index contributed by atoms with van der Waals surface area (Å²) in [6.07, 6.45) is -0.230. The number of fused-ring (bicyclic) bond motifs is 1. The van der Waals surface area contributed by atoms with Gasteiger partial charge < -0.3 is 24.8 Å². The van der Waals surface area contributed by atoms with Crippen LogP contribution in [0.25, 0.3) is 0 Å². The molecular weight excluding hydrogens is 354 g/mol. The molecule has 1 N–H and O–H groups in total. The van der Waals surface area contributed by atoms with Crippen molar-refractivity contribution in [1.29, 1.82) is 0 Å². The highest BCUT2D eigenvalue weighted by atomic mass is 16.6. The quantitative estimate of drug-likeness (QED) is 0.858. The number of nitrogens with one attached hydrogen (secondary N) is 1. The number of carbonyl (C=O) groups is 1. The standard InChI is InChI=1S/C21H33N5O2/c1-21(2,3)28-20(27)25-10-11-26-18(15-25)13-23-19(26)22-12-16-6-8-17(9-7-16)14-24(4)5/h6-9,18H,10-15H2,1-5H3,(H,22,23). The van der Waals surface area contributed by atoms with E-state index >= 15 is 0 Å². The van der Waals surface area contributed by atoms with Gasteiger partial charge in [-0.05, 0) is 46.0 Å². The average molecular weight is 388 g/mol. The topological polar surface area (TPSA) is 60.4 Å². The fourth-order valence-corrected chi connectivity index (χ4v) is 3.53. The lowest BCUT2D eigenvalue weighted by atomic mass is 10.1. The van der Waals surface area contributed by atoms with Gasteiger partial charge in [0, 0.05) is 32.7 Å². The molecule has 1 aromatic rings. The van der Waals surface area contributed by atoms with Gasteiger partial charge in [-0.15, -0.1) is 0 Å². The first-order chi connectivity index (χ1) is 13.2. The van der Waals surface area contributed by atoms with Gasteiger partial charge in [0.25, 0.3) is 0 Å². The highest BCUT2D eigenvalue weighted by Gasteiger charge is 2.36. The van der Waals surface area contributed by atoms with E-state index in [1.807, 2.05) is 20.8 Å². The normalized spacial score (nSPS) is 19.5. The summed E-state index contributed by atoms with van der Waals surface area (Å²) in [6.45, 7) is 10.2. The van der Waals surface area contributed by atoms with Crippen LogP contribution in [0.15, 0.2) is 29.3 Å². The molecule has 1 aromatic carbocycles. The minimum Gasteiger partial charge on any atom is -0.444 e. The SMILES string of the molecule is CN(C)Cc1ccc(CNC2=NCC3CN(C(=O)OC(C)(C)C)CCN23)cc1. The fraction of sp³-hybridized carbons (Fsp3) is 0.619. The zero-order valence-electron chi connectivity index (χ0n) is 17.7. The van der Waals surface area contributed by atoms with Crippen LogP contribution < -0.4 is 5.32 Å². The molecule has 0 spiro atoms. The second kappa shape index (κ2) is 8.39. The molecule has 1 saturated heterocycles. The number of ether oxygens (including phenoxy) is 1. The predicted molar refractivity (Wildman–Crippen MR) is 111 cm³/mol. The van der Waals surface area contributed by atoms with Crippen LogP contribution in [0, 0.1) is 0 Å². The highest BCUT2D eigenvalue weighted by Crippen LogP contribution is 2.19. The predicted octanol–water partition coefficient (Wildman–Crippen LogP) is 2.13. The maximum absolute atomic E-state index is 12.3. The third-order valence-corrected chi connectivity index (χ3v) is 4.83.